The van der Waals surface area contributed by atoms with Gasteiger partial charge in [-0.05, 0) is 27.8 Å². The highest BCUT2D eigenvalue weighted by Crippen LogP contribution is 2.30. The van der Waals surface area contributed by atoms with Crippen molar-refractivity contribution in [3.05, 3.63) is 10.6 Å². The number of hydrogen-bond donors (Lipinski definition) is 1. The average molecular weight is 257 g/mol. The second-order valence-electron chi connectivity index (χ2n) is 4.03. The first-order valence-corrected chi connectivity index (χ1v) is 6.84. The Morgan fingerprint density at radius 3 is 2.76 bits per heavy atom. The fourth-order valence-corrected chi connectivity index (χ4v) is 2.87. The summed E-state index contributed by atoms with van der Waals surface area (Å²) < 4.78 is 5.12. The zero-order valence-corrected chi connectivity index (χ0v) is 12.2. The second-order valence-corrected chi connectivity index (χ2v) is 5.04. The minimum Gasteiger partial charge on any atom is -0.383 e. The molecule has 0 bridgehead atoms. The number of nitrogens with zero attached hydrogens (tertiary/aromatic N) is 2. The van der Waals surface area contributed by atoms with Gasteiger partial charge in [-0.2, -0.15) is 0 Å². The van der Waals surface area contributed by atoms with Gasteiger partial charge in [-0.1, -0.05) is 0 Å². The van der Waals surface area contributed by atoms with Gasteiger partial charge in [-0.15, -0.1) is 11.3 Å². The van der Waals surface area contributed by atoms with Crippen LogP contribution in [0.5, 0.6) is 0 Å². The minimum atomic E-state index is 0.363. The highest BCUT2D eigenvalue weighted by molar-refractivity contribution is 7.15. The molecule has 0 aliphatic rings. The van der Waals surface area contributed by atoms with Crippen molar-refractivity contribution in [1.82, 2.24) is 10.3 Å². The van der Waals surface area contributed by atoms with Crippen molar-refractivity contribution in [2.75, 3.05) is 38.8 Å². The number of aromatic nitrogens is 1. The zero-order valence-electron chi connectivity index (χ0n) is 11.4. The Balaban J connectivity index is 2.82. The lowest BCUT2D eigenvalue weighted by Gasteiger charge is -2.18. The highest BCUT2D eigenvalue weighted by Gasteiger charge is 2.16. The molecule has 0 saturated heterocycles. The smallest absolute Gasteiger partial charge is 0.185 e. The van der Waals surface area contributed by atoms with Crippen LogP contribution in [0.3, 0.4) is 0 Å². The van der Waals surface area contributed by atoms with E-state index < -0.39 is 0 Å². The van der Waals surface area contributed by atoms with E-state index in [1.807, 2.05) is 7.05 Å². The van der Waals surface area contributed by atoms with Gasteiger partial charge in [-0.3, -0.25) is 0 Å². The summed E-state index contributed by atoms with van der Waals surface area (Å²) >= 11 is 1.77. The maximum atomic E-state index is 5.12. The molecule has 0 aliphatic heterocycles. The molecule has 0 spiro atoms. The fraction of sp³-hybridized carbons (Fsp3) is 0.750. The van der Waals surface area contributed by atoms with Crippen LogP contribution in [0.1, 0.15) is 30.5 Å². The van der Waals surface area contributed by atoms with E-state index in [0.29, 0.717) is 6.04 Å². The van der Waals surface area contributed by atoms with E-state index in [1.54, 1.807) is 18.4 Å². The molecular formula is C12H23N3OS. The third kappa shape index (κ3) is 3.66. The summed E-state index contributed by atoms with van der Waals surface area (Å²) in [5, 5.41) is 4.36. The molecule has 1 N–H and O–H groups in total. The maximum Gasteiger partial charge on any atom is 0.185 e. The third-order valence-electron chi connectivity index (χ3n) is 2.87. The molecule has 1 atom stereocenters. The number of anilines is 1. The largest absolute Gasteiger partial charge is 0.383 e. The van der Waals surface area contributed by atoms with Crippen LogP contribution in [0.25, 0.3) is 0 Å². The van der Waals surface area contributed by atoms with Gasteiger partial charge in [-0.25, -0.2) is 4.98 Å². The number of methoxy groups -OCH3 is 1. The topological polar surface area (TPSA) is 37.4 Å². The first-order chi connectivity index (χ1) is 8.13. The molecule has 1 unspecified atom stereocenters. The summed E-state index contributed by atoms with van der Waals surface area (Å²) in [6.07, 6.45) is 0. The Morgan fingerprint density at radius 2 is 2.24 bits per heavy atom. The van der Waals surface area contributed by atoms with Crippen LogP contribution < -0.4 is 10.2 Å². The summed E-state index contributed by atoms with van der Waals surface area (Å²) in [5.41, 5.74) is 1.13. The molecule has 4 nitrogen and oxygen atoms in total. The van der Waals surface area contributed by atoms with Crippen LogP contribution in [-0.2, 0) is 4.74 Å². The number of thiazole rings is 1. The van der Waals surface area contributed by atoms with Gasteiger partial charge in [0.25, 0.3) is 0 Å². The molecule has 1 heterocycles. The number of rotatable bonds is 7. The van der Waals surface area contributed by atoms with E-state index in [2.05, 4.69) is 36.0 Å². The van der Waals surface area contributed by atoms with Gasteiger partial charge in [0.2, 0.25) is 0 Å². The van der Waals surface area contributed by atoms with E-state index in [9.17, 15) is 0 Å². The molecule has 98 valence electrons. The summed E-state index contributed by atoms with van der Waals surface area (Å²) in [7, 11) is 3.71. The van der Waals surface area contributed by atoms with Gasteiger partial charge in [0.1, 0.15) is 0 Å². The number of nitrogens with one attached hydrogen (secondary N) is 1. The third-order valence-corrected chi connectivity index (χ3v) is 4.27. The van der Waals surface area contributed by atoms with Crippen LogP contribution in [0.15, 0.2) is 0 Å². The molecule has 0 aliphatic carbocycles. The molecule has 0 saturated carbocycles. The van der Waals surface area contributed by atoms with Gasteiger partial charge < -0.3 is 15.0 Å². The minimum absolute atomic E-state index is 0.363. The summed E-state index contributed by atoms with van der Waals surface area (Å²) in [4.78, 5) is 8.23. The monoisotopic (exact) mass is 257 g/mol. The first kappa shape index (κ1) is 14.4. The lowest BCUT2D eigenvalue weighted by Crippen LogP contribution is -2.26. The first-order valence-electron chi connectivity index (χ1n) is 6.02. The summed E-state index contributed by atoms with van der Waals surface area (Å²) in [6.45, 7) is 8.98. The molecule has 1 aromatic heterocycles. The molecular weight excluding hydrogens is 234 g/mol. The quantitative estimate of drug-likeness (QED) is 0.812. The van der Waals surface area contributed by atoms with E-state index in [4.69, 9.17) is 4.74 Å². The number of likely N-dealkylation sites (N-methyl/N-ethyl adjacent to an activating group) is 1. The van der Waals surface area contributed by atoms with Crippen molar-refractivity contribution in [3.63, 3.8) is 0 Å². The average Bonchev–Trinajstić information content (AvgIpc) is 2.71. The fourth-order valence-electron chi connectivity index (χ4n) is 1.65. The van der Waals surface area contributed by atoms with Gasteiger partial charge in [0, 0.05) is 31.1 Å². The molecule has 0 aromatic carbocycles. The molecule has 0 radical (unpaired) electrons. The maximum absolute atomic E-state index is 5.12. The second kappa shape index (κ2) is 6.93. The standard InChI is InChI=1S/C12H23N3OS/c1-6-15(7-8-16-5)12-14-10(3)11(17-12)9(2)13-4/h9,13H,6-8H2,1-5H3. The Morgan fingerprint density at radius 1 is 1.53 bits per heavy atom. The van der Waals surface area contributed by atoms with E-state index in [0.717, 1.165) is 30.5 Å². The molecule has 0 amide bonds. The van der Waals surface area contributed by atoms with Crippen LogP contribution in [0, 0.1) is 6.92 Å². The van der Waals surface area contributed by atoms with E-state index in [1.165, 1.54) is 4.88 Å². The zero-order chi connectivity index (χ0) is 12.8. The van der Waals surface area contributed by atoms with Crippen LogP contribution in [-0.4, -0.2) is 38.8 Å². The van der Waals surface area contributed by atoms with Gasteiger partial charge in [0.05, 0.1) is 12.3 Å². The predicted octanol–water partition coefficient (Wildman–Crippen LogP) is 2.20. The Bertz CT molecular complexity index is 340. The number of ether oxygens (including phenoxy) is 1. The lowest BCUT2D eigenvalue weighted by molar-refractivity contribution is 0.205. The van der Waals surface area contributed by atoms with Gasteiger partial charge in [0.15, 0.2) is 5.13 Å². The predicted molar refractivity (Wildman–Crippen MR) is 74.1 cm³/mol. The van der Waals surface area contributed by atoms with Crippen molar-refractivity contribution in [2.45, 2.75) is 26.8 Å². The highest BCUT2D eigenvalue weighted by atomic mass is 32.1. The van der Waals surface area contributed by atoms with E-state index >= 15 is 0 Å². The molecule has 1 aromatic rings. The molecule has 1 rings (SSSR count). The number of hydrogen-bond acceptors (Lipinski definition) is 5. The van der Waals surface area contributed by atoms with Gasteiger partial charge >= 0.3 is 0 Å². The normalized spacial score (nSPS) is 12.8. The Labute approximate surface area is 108 Å². The number of aryl methyl sites for hydroxylation is 1. The van der Waals surface area contributed by atoms with Crippen molar-refractivity contribution in [2.24, 2.45) is 0 Å². The van der Waals surface area contributed by atoms with Crippen molar-refractivity contribution >= 4 is 16.5 Å². The molecule has 5 heteroatoms. The molecule has 17 heavy (non-hydrogen) atoms. The lowest BCUT2D eigenvalue weighted by atomic mass is 10.2. The van der Waals surface area contributed by atoms with Crippen molar-refractivity contribution in [3.8, 4) is 0 Å². The molecule has 0 fully saturated rings. The SMILES string of the molecule is CCN(CCOC)c1nc(C)c(C(C)NC)s1. The van der Waals surface area contributed by atoms with Crippen molar-refractivity contribution in [1.29, 1.82) is 0 Å². The van der Waals surface area contributed by atoms with Crippen LogP contribution in [0.2, 0.25) is 0 Å². The summed E-state index contributed by atoms with van der Waals surface area (Å²) in [6, 6.07) is 0.363. The van der Waals surface area contributed by atoms with E-state index in [-0.39, 0.29) is 0 Å². The van der Waals surface area contributed by atoms with Crippen molar-refractivity contribution < 1.29 is 4.74 Å². The Hall–Kier alpha value is -0.650. The summed E-state index contributed by atoms with van der Waals surface area (Å²) in [5.74, 6) is 0. The van der Waals surface area contributed by atoms with Crippen LogP contribution in [0.4, 0.5) is 5.13 Å². The van der Waals surface area contributed by atoms with Crippen LogP contribution >= 0.6 is 11.3 Å². The Kier molecular flexibility index (Phi) is 5.88.